The third kappa shape index (κ3) is 5.01. The molecule has 5 heteroatoms. The predicted octanol–water partition coefficient (Wildman–Crippen LogP) is 0.967. The van der Waals surface area contributed by atoms with Crippen molar-refractivity contribution in [1.29, 1.82) is 0 Å². The van der Waals surface area contributed by atoms with Gasteiger partial charge in [-0.15, -0.1) is 0 Å². The Hall–Kier alpha value is -2.04. The van der Waals surface area contributed by atoms with Gasteiger partial charge in [0.05, 0.1) is 7.11 Å². The smallest absolute Gasteiger partial charge is 0.407 e. The molecule has 1 aromatic rings. The van der Waals surface area contributed by atoms with E-state index in [2.05, 4.69) is 15.4 Å². The highest BCUT2D eigenvalue weighted by Gasteiger charge is 2.04. The van der Waals surface area contributed by atoms with Crippen LogP contribution in [0.15, 0.2) is 24.3 Å². The minimum Gasteiger partial charge on any atom is -0.453 e. The molecular weight excluding hydrogens is 220 g/mol. The molecule has 0 saturated heterocycles. The molecule has 0 fully saturated rings. The Kier molecular flexibility index (Phi) is 5.00. The second kappa shape index (κ2) is 6.52. The van der Waals surface area contributed by atoms with Crippen molar-refractivity contribution in [3.05, 3.63) is 35.4 Å². The molecule has 92 valence electrons. The van der Waals surface area contributed by atoms with Gasteiger partial charge in [-0.1, -0.05) is 29.8 Å². The number of aryl methyl sites for hydroxylation is 1. The molecule has 17 heavy (non-hydrogen) atoms. The molecule has 0 aromatic heterocycles. The van der Waals surface area contributed by atoms with Gasteiger partial charge in [0.1, 0.15) is 6.54 Å². The lowest BCUT2D eigenvalue weighted by atomic mass is 10.1. The van der Waals surface area contributed by atoms with Gasteiger partial charge in [0.15, 0.2) is 0 Å². The lowest BCUT2D eigenvalue weighted by Crippen LogP contribution is -2.36. The van der Waals surface area contributed by atoms with Gasteiger partial charge < -0.3 is 15.4 Å². The normalized spacial score (nSPS) is 9.53. The van der Waals surface area contributed by atoms with Crippen LogP contribution in [0.3, 0.4) is 0 Å². The van der Waals surface area contributed by atoms with E-state index < -0.39 is 6.09 Å². The molecule has 0 radical (unpaired) electrons. The van der Waals surface area contributed by atoms with E-state index in [1.807, 2.05) is 31.2 Å². The van der Waals surface area contributed by atoms with Crippen molar-refractivity contribution in [1.82, 2.24) is 10.6 Å². The number of benzene rings is 1. The van der Waals surface area contributed by atoms with Crippen molar-refractivity contribution in [3.8, 4) is 0 Å². The molecule has 1 aromatic carbocycles. The highest BCUT2D eigenvalue weighted by molar-refractivity contribution is 5.81. The average molecular weight is 236 g/mol. The van der Waals surface area contributed by atoms with Gasteiger partial charge in [0, 0.05) is 6.54 Å². The minimum atomic E-state index is -0.615. The number of rotatable bonds is 4. The fourth-order valence-electron chi connectivity index (χ4n) is 1.31. The van der Waals surface area contributed by atoms with Crippen LogP contribution in [0.1, 0.15) is 11.1 Å². The van der Waals surface area contributed by atoms with E-state index in [4.69, 9.17) is 0 Å². The first-order chi connectivity index (χ1) is 8.11. The summed E-state index contributed by atoms with van der Waals surface area (Å²) in [7, 11) is 1.25. The van der Waals surface area contributed by atoms with Gasteiger partial charge >= 0.3 is 6.09 Å². The quantitative estimate of drug-likeness (QED) is 0.818. The highest BCUT2D eigenvalue weighted by atomic mass is 16.5. The van der Waals surface area contributed by atoms with Gasteiger partial charge in [-0.2, -0.15) is 0 Å². The van der Waals surface area contributed by atoms with Crippen molar-refractivity contribution in [2.24, 2.45) is 0 Å². The van der Waals surface area contributed by atoms with Crippen LogP contribution in [0.2, 0.25) is 0 Å². The topological polar surface area (TPSA) is 67.4 Å². The summed E-state index contributed by atoms with van der Waals surface area (Å²) < 4.78 is 4.35. The molecule has 2 N–H and O–H groups in total. The maximum absolute atomic E-state index is 11.3. The van der Waals surface area contributed by atoms with Crippen molar-refractivity contribution in [3.63, 3.8) is 0 Å². The largest absolute Gasteiger partial charge is 0.453 e. The number of carbonyl (C=O) groups is 2. The standard InChI is InChI=1S/C12H16N2O3/c1-9-4-3-5-10(6-9)7-13-11(15)8-14-12(16)17-2/h3-6H,7-8H2,1-2H3,(H,13,15)(H,14,16). The number of nitrogens with one attached hydrogen (secondary N) is 2. The molecule has 0 saturated carbocycles. The summed E-state index contributed by atoms with van der Waals surface area (Å²) in [6, 6.07) is 7.85. The molecule has 2 amide bonds. The Morgan fingerprint density at radius 2 is 2.06 bits per heavy atom. The third-order valence-electron chi connectivity index (χ3n) is 2.15. The molecule has 0 aliphatic heterocycles. The molecule has 1 rings (SSSR count). The molecule has 0 aliphatic rings. The predicted molar refractivity (Wildman–Crippen MR) is 63.4 cm³/mol. The van der Waals surface area contributed by atoms with E-state index in [-0.39, 0.29) is 12.5 Å². The average Bonchev–Trinajstić information content (AvgIpc) is 2.33. The van der Waals surface area contributed by atoms with E-state index in [0.29, 0.717) is 6.54 Å². The molecule has 5 nitrogen and oxygen atoms in total. The summed E-state index contributed by atoms with van der Waals surface area (Å²) in [5, 5.41) is 5.00. The van der Waals surface area contributed by atoms with Crippen molar-refractivity contribution in [2.45, 2.75) is 13.5 Å². The van der Waals surface area contributed by atoms with Crippen LogP contribution in [0, 0.1) is 6.92 Å². The summed E-state index contributed by atoms with van der Waals surface area (Å²) >= 11 is 0. The molecular formula is C12H16N2O3. The number of ether oxygens (including phenoxy) is 1. The monoisotopic (exact) mass is 236 g/mol. The first kappa shape index (κ1) is 13.0. The lowest BCUT2D eigenvalue weighted by Gasteiger charge is -2.06. The number of methoxy groups -OCH3 is 1. The van der Waals surface area contributed by atoms with Crippen molar-refractivity contribution < 1.29 is 14.3 Å². The Labute approximate surface area is 100 Å². The van der Waals surface area contributed by atoms with Crippen LogP contribution < -0.4 is 10.6 Å². The van der Waals surface area contributed by atoms with Gasteiger partial charge in [-0.3, -0.25) is 4.79 Å². The first-order valence-electron chi connectivity index (χ1n) is 5.26. The highest BCUT2D eigenvalue weighted by Crippen LogP contribution is 2.02. The molecule has 0 unspecified atom stereocenters. The molecule has 0 spiro atoms. The fraction of sp³-hybridized carbons (Fsp3) is 0.333. The summed E-state index contributed by atoms with van der Waals surface area (Å²) in [4.78, 5) is 22.1. The zero-order chi connectivity index (χ0) is 12.7. The van der Waals surface area contributed by atoms with E-state index >= 15 is 0 Å². The van der Waals surface area contributed by atoms with Crippen LogP contribution >= 0.6 is 0 Å². The molecule has 0 aliphatic carbocycles. The van der Waals surface area contributed by atoms with Gasteiger partial charge in [-0.25, -0.2) is 4.79 Å². The van der Waals surface area contributed by atoms with Gasteiger partial charge in [0.25, 0.3) is 0 Å². The van der Waals surface area contributed by atoms with Crippen molar-refractivity contribution >= 4 is 12.0 Å². The SMILES string of the molecule is COC(=O)NCC(=O)NCc1cccc(C)c1. The Bertz CT molecular complexity index is 404. The van der Waals surface area contributed by atoms with Crippen LogP contribution in [0.25, 0.3) is 0 Å². The summed E-state index contributed by atoms with van der Waals surface area (Å²) in [6.07, 6.45) is -0.615. The van der Waals surface area contributed by atoms with Gasteiger partial charge in [-0.05, 0) is 12.5 Å². The number of hydrogen-bond donors (Lipinski definition) is 2. The molecule has 0 bridgehead atoms. The summed E-state index contributed by atoms with van der Waals surface area (Å²) in [5.74, 6) is -0.253. The van der Waals surface area contributed by atoms with E-state index in [1.54, 1.807) is 0 Å². The van der Waals surface area contributed by atoms with Crippen molar-refractivity contribution in [2.75, 3.05) is 13.7 Å². The molecule has 0 atom stereocenters. The Balaban J connectivity index is 2.31. The zero-order valence-electron chi connectivity index (χ0n) is 9.95. The van der Waals surface area contributed by atoms with Gasteiger partial charge in [0.2, 0.25) is 5.91 Å². The second-order valence-electron chi connectivity index (χ2n) is 3.61. The maximum atomic E-state index is 11.3. The van der Waals surface area contributed by atoms with Crippen LogP contribution in [-0.4, -0.2) is 25.7 Å². The molecule has 0 heterocycles. The van der Waals surface area contributed by atoms with Crippen LogP contribution in [0.4, 0.5) is 4.79 Å². The third-order valence-corrected chi connectivity index (χ3v) is 2.15. The van der Waals surface area contributed by atoms with E-state index in [1.165, 1.54) is 7.11 Å². The van der Waals surface area contributed by atoms with E-state index in [0.717, 1.165) is 11.1 Å². The summed E-state index contributed by atoms with van der Waals surface area (Å²) in [5.41, 5.74) is 2.17. The van der Waals surface area contributed by atoms with E-state index in [9.17, 15) is 9.59 Å². The Morgan fingerprint density at radius 1 is 1.29 bits per heavy atom. The number of alkyl carbamates (subject to hydrolysis) is 1. The number of hydrogen-bond acceptors (Lipinski definition) is 3. The maximum Gasteiger partial charge on any atom is 0.407 e. The minimum absolute atomic E-state index is 0.0848. The summed E-state index contributed by atoms with van der Waals surface area (Å²) in [6.45, 7) is 2.35. The van der Waals surface area contributed by atoms with Crippen LogP contribution in [-0.2, 0) is 16.1 Å². The number of carbonyl (C=O) groups excluding carboxylic acids is 2. The number of amides is 2. The lowest BCUT2D eigenvalue weighted by molar-refractivity contribution is -0.120. The second-order valence-corrected chi connectivity index (χ2v) is 3.61. The Morgan fingerprint density at radius 3 is 2.71 bits per heavy atom. The van der Waals surface area contributed by atoms with Crippen LogP contribution in [0.5, 0.6) is 0 Å². The fourth-order valence-corrected chi connectivity index (χ4v) is 1.31. The first-order valence-corrected chi connectivity index (χ1v) is 5.26. The zero-order valence-corrected chi connectivity index (χ0v) is 9.95.